The summed E-state index contributed by atoms with van der Waals surface area (Å²) in [6, 6.07) is 24.6. The first-order valence-electron chi connectivity index (χ1n) is 19.5. The predicted octanol–water partition coefficient (Wildman–Crippen LogP) is 4.77. The second kappa shape index (κ2) is 17.6. The molecule has 2 aliphatic heterocycles. The minimum absolute atomic E-state index is 0.00494. The summed E-state index contributed by atoms with van der Waals surface area (Å²) in [4.78, 5) is 59.5. The Balaban J connectivity index is 0.812. The molecule has 16 heteroatoms. The van der Waals surface area contributed by atoms with E-state index in [9.17, 15) is 27.6 Å². The molecule has 0 radical (unpaired) electrons. The summed E-state index contributed by atoms with van der Waals surface area (Å²) in [7, 11) is -3.28. The van der Waals surface area contributed by atoms with Gasteiger partial charge in [0.1, 0.15) is 12.3 Å². The molecule has 7 rings (SSSR count). The lowest BCUT2D eigenvalue weighted by Gasteiger charge is -2.36. The SMILES string of the molecule is CS(=O)(=O)c1ccc(-c2cccc3nc(Nc4ccc(N5CCN(CCCCCCNc6ccc7c(c6)C(=O)N(C(CCC=O)C(N)=O)C7=O)CC5)cc4)nn23)cc1. The van der Waals surface area contributed by atoms with Crippen LogP contribution in [0.2, 0.25) is 0 Å². The van der Waals surface area contributed by atoms with E-state index in [4.69, 9.17) is 5.73 Å². The molecule has 0 bridgehead atoms. The number of nitrogens with one attached hydrogen (secondary N) is 2. The molecule has 5 aromatic rings. The maximum atomic E-state index is 13.1. The number of rotatable bonds is 18. The molecule has 3 amide bonds. The number of nitrogens with two attached hydrogens (primary N) is 1. The number of carbonyl (C=O) groups is 4. The monoisotopic (exact) mass is 805 g/mol. The molecule has 0 spiro atoms. The van der Waals surface area contributed by atoms with E-state index in [0.29, 0.717) is 17.9 Å². The van der Waals surface area contributed by atoms with Crippen LogP contribution in [0.5, 0.6) is 0 Å². The maximum Gasteiger partial charge on any atom is 0.262 e. The Labute approximate surface area is 337 Å². The maximum absolute atomic E-state index is 13.1. The number of sulfone groups is 1. The number of unbranched alkanes of at least 4 members (excludes halogenated alkanes) is 3. The molecule has 1 fully saturated rings. The van der Waals surface area contributed by atoms with Crippen molar-refractivity contribution in [3.8, 4) is 11.3 Å². The van der Waals surface area contributed by atoms with Crippen LogP contribution < -0.4 is 21.3 Å². The van der Waals surface area contributed by atoms with Gasteiger partial charge in [-0.15, -0.1) is 5.10 Å². The third-order valence-corrected chi connectivity index (χ3v) is 11.8. The third-order valence-electron chi connectivity index (χ3n) is 10.6. The van der Waals surface area contributed by atoms with Crippen molar-refractivity contribution >= 4 is 62.5 Å². The van der Waals surface area contributed by atoms with Gasteiger partial charge in [0.2, 0.25) is 11.9 Å². The average Bonchev–Trinajstić information content (AvgIpc) is 3.74. The van der Waals surface area contributed by atoms with Gasteiger partial charge in [0.25, 0.3) is 11.8 Å². The van der Waals surface area contributed by atoms with Crippen LogP contribution >= 0.6 is 0 Å². The highest BCUT2D eigenvalue weighted by atomic mass is 32.2. The van der Waals surface area contributed by atoms with Crippen LogP contribution in [0.25, 0.3) is 16.9 Å². The molecule has 4 heterocycles. The van der Waals surface area contributed by atoms with Crippen molar-refractivity contribution in [2.75, 3.05) is 61.1 Å². The van der Waals surface area contributed by atoms with E-state index in [1.165, 1.54) is 11.9 Å². The quantitative estimate of drug-likeness (QED) is 0.0626. The van der Waals surface area contributed by atoms with Crippen molar-refractivity contribution in [1.82, 2.24) is 24.4 Å². The van der Waals surface area contributed by atoms with Gasteiger partial charge < -0.3 is 26.1 Å². The highest BCUT2D eigenvalue weighted by molar-refractivity contribution is 7.90. The molecular formula is C42H47N9O6S. The van der Waals surface area contributed by atoms with Crippen molar-refractivity contribution in [1.29, 1.82) is 0 Å². The largest absolute Gasteiger partial charge is 0.385 e. The summed E-state index contributed by atoms with van der Waals surface area (Å²) < 4.78 is 25.5. The van der Waals surface area contributed by atoms with E-state index < -0.39 is 33.6 Å². The topological polar surface area (TPSA) is 192 Å². The number of amides is 3. The van der Waals surface area contributed by atoms with E-state index in [-0.39, 0.29) is 28.9 Å². The summed E-state index contributed by atoms with van der Waals surface area (Å²) in [5, 5.41) is 11.3. The zero-order chi connectivity index (χ0) is 40.8. The number of anilines is 4. The van der Waals surface area contributed by atoms with Crippen LogP contribution in [-0.2, 0) is 19.4 Å². The van der Waals surface area contributed by atoms with Gasteiger partial charge in [0, 0.05) is 68.0 Å². The molecule has 2 aliphatic rings. The van der Waals surface area contributed by atoms with Crippen LogP contribution in [0, 0.1) is 0 Å². The van der Waals surface area contributed by atoms with Crippen molar-refractivity contribution < 1.29 is 27.6 Å². The molecule has 2 aromatic heterocycles. The standard InChI is InChI=1S/C42H47N9O6S/c1-58(56,57)33-18-11-29(12-19-33)36-8-6-10-38-46-42(47-51(36)38)45-30-13-16-32(17-14-30)49-25-23-48(24-26-49)22-5-3-2-4-21-44-31-15-20-34-35(28-31)41(55)50(40(34)54)37(39(43)53)9-7-27-52/h6,8,10-20,27-28,37,44H,2-5,7,9,21-26H2,1H3,(H2,43,53)(H,45,47). The van der Waals surface area contributed by atoms with E-state index in [0.717, 1.165) is 92.5 Å². The Hall–Kier alpha value is -6.13. The molecule has 1 atom stereocenters. The van der Waals surface area contributed by atoms with Crippen molar-refractivity contribution in [2.45, 2.75) is 49.5 Å². The average molecular weight is 806 g/mol. The zero-order valence-electron chi connectivity index (χ0n) is 32.3. The number of hydrogen-bond donors (Lipinski definition) is 3. The number of piperazine rings is 1. The fourth-order valence-electron chi connectivity index (χ4n) is 7.49. The molecule has 1 saturated heterocycles. The smallest absolute Gasteiger partial charge is 0.262 e. The van der Waals surface area contributed by atoms with Crippen molar-refractivity contribution in [3.05, 3.63) is 96.1 Å². The van der Waals surface area contributed by atoms with Gasteiger partial charge in [0.05, 0.1) is 21.7 Å². The summed E-state index contributed by atoms with van der Waals surface area (Å²) in [5.41, 5.74) is 11.0. The first-order valence-corrected chi connectivity index (χ1v) is 21.4. The molecule has 3 aromatic carbocycles. The number of carbonyl (C=O) groups excluding carboxylic acids is 4. The van der Waals surface area contributed by atoms with Gasteiger partial charge in [-0.2, -0.15) is 4.98 Å². The number of aldehydes is 1. The summed E-state index contributed by atoms with van der Waals surface area (Å²) in [6.45, 7) is 5.68. The molecule has 58 heavy (non-hydrogen) atoms. The summed E-state index contributed by atoms with van der Waals surface area (Å²) in [6.07, 6.45) is 6.10. The molecular weight excluding hydrogens is 759 g/mol. The van der Waals surface area contributed by atoms with Gasteiger partial charge in [-0.05, 0) is 92.5 Å². The molecule has 15 nitrogen and oxygen atoms in total. The molecule has 1 unspecified atom stereocenters. The Bertz CT molecular complexity index is 2410. The molecule has 4 N–H and O–H groups in total. The molecule has 302 valence electrons. The highest BCUT2D eigenvalue weighted by Gasteiger charge is 2.42. The Kier molecular flexibility index (Phi) is 12.1. The second-order valence-electron chi connectivity index (χ2n) is 14.7. The number of nitrogens with zero attached hydrogens (tertiary/aromatic N) is 6. The fourth-order valence-corrected chi connectivity index (χ4v) is 8.12. The van der Waals surface area contributed by atoms with E-state index >= 15 is 0 Å². The lowest BCUT2D eigenvalue weighted by atomic mass is 10.1. The van der Waals surface area contributed by atoms with E-state index in [1.54, 1.807) is 47.0 Å². The van der Waals surface area contributed by atoms with Crippen LogP contribution in [-0.4, -0.2) is 108 Å². The van der Waals surface area contributed by atoms with Crippen molar-refractivity contribution in [3.63, 3.8) is 0 Å². The van der Waals surface area contributed by atoms with E-state index in [1.807, 2.05) is 30.3 Å². The number of hydrogen-bond acceptors (Lipinski definition) is 12. The lowest BCUT2D eigenvalue weighted by Crippen LogP contribution is -2.47. The van der Waals surface area contributed by atoms with Gasteiger partial charge in [0.15, 0.2) is 15.5 Å². The summed E-state index contributed by atoms with van der Waals surface area (Å²) >= 11 is 0. The third kappa shape index (κ3) is 9.03. The second-order valence-corrected chi connectivity index (χ2v) is 16.7. The normalized spacial score (nSPS) is 15.1. The minimum atomic E-state index is -3.28. The van der Waals surface area contributed by atoms with Crippen molar-refractivity contribution in [2.24, 2.45) is 5.73 Å². The minimum Gasteiger partial charge on any atom is -0.385 e. The van der Waals surface area contributed by atoms with E-state index in [2.05, 4.69) is 42.6 Å². The van der Waals surface area contributed by atoms with Crippen LogP contribution in [0.3, 0.4) is 0 Å². The molecule has 0 saturated carbocycles. The first kappa shape index (κ1) is 40.1. The lowest BCUT2D eigenvalue weighted by molar-refractivity contribution is -0.122. The zero-order valence-corrected chi connectivity index (χ0v) is 33.2. The van der Waals surface area contributed by atoms with Crippen LogP contribution in [0.15, 0.2) is 89.8 Å². The predicted molar refractivity (Wildman–Crippen MR) is 222 cm³/mol. The number of fused-ring (bicyclic) bond motifs is 2. The van der Waals surface area contributed by atoms with Gasteiger partial charge >= 0.3 is 0 Å². The van der Waals surface area contributed by atoms with Gasteiger partial charge in [-0.25, -0.2) is 12.9 Å². The fraction of sp³-hybridized carbons (Fsp3) is 0.333. The van der Waals surface area contributed by atoms with Gasteiger partial charge in [-0.3, -0.25) is 24.2 Å². The van der Waals surface area contributed by atoms with Crippen LogP contribution in [0.1, 0.15) is 59.2 Å². The van der Waals surface area contributed by atoms with Gasteiger partial charge in [-0.1, -0.05) is 31.0 Å². The number of aromatic nitrogens is 3. The summed E-state index contributed by atoms with van der Waals surface area (Å²) in [5.74, 6) is -1.49. The highest BCUT2D eigenvalue weighted by Crippen LogP contribution is 2.29. The Morgan fingerprint density at radius 3 is 2.28 bits per heavy atom. The number of primary amides is 1. The Morgan fingerprint density at radius 1 is 0.862 bits per heavy atom. The molecule has 0 aliphatic carbocycles. The first-order chi connectivity index (χ1) is 28.0. The van der Waals surface area contributed by atoms with Crippen LogP contribution in [0.4, 0.5) is 23.0 Å². The number of benzene rings is 3. The Morgan fingerprint density at radius 2 is 1.57 bits per heavy atom. The number of imide groups is 1. The number of pyridine rings is 1.